The van der Waals surface area contributed by atoms with Crippen molar-refractivity contribution in [2.45, 2.75) is 26.2 Å². The van der Waals surface area contributed by atoms with E-state index in [-0.39, 0.29) is 24.8 Å². The first-order chi connectivity index (χ1) is 13.5. The van der Waals surface area contributed by atoms with Crippen molar-refractivity contribution in [1.29, 1.82) is 0 Å². The average molecular weight is 381 g/mol. The van der Waals surface area contributed by atoms with Crippen LogP contribution in [0.3, 0.4) is 0 Å². The van der Waals surface area contributed by atoms with Crippen LogP contribution in [-0.2, 0) is 16.0 Å². The van der Waals surface area contributed by atoms with Crippen molar-refractivity contribution in [3.05, 3.63) is 53.6 Å². The van der Waals surface area contributed by atoms with Crippen molar-refractivity contribution in [3.63, 3.8) is 0 Å². The molecule has 0 fully saturated rings. The van der Waals surface area contributed by atoms with E-state index in [0.717, 1.165) is 17.7 Å². The number of nitrogens with one attached hydrogen (secondary N) is 1. The number of ether oxygens (including phenoxy) is 1. The third-order valence-corrected chi connectivity index (χ3v) is 4.58. The standard InChI is InChI=1S/C21H23N3O4/c1-2-20(26)24-11-9-14-13-15(7-8-17(14)24)21(27)23-16-5-3-4-6-18(16)28-12-10-19(22)25/h3-8,13H,2,9-12H2,1H3,(H2,22,25)(H,23,27). The molecule has 3 amide bonds. The van der Waals surface area contributed by atoms with Crippen molar-refractivity contribution >= 4 is 29.1 Å². The van der Waals surface area contributed by atoms with Crippen LogP contribution in [0.5, 0.6) is 5.75 Å². The van der Waals surface area contributed by atoms with Gasteiger partial charge in [-0.3, -0.25) is 14.4 Å². The zero-order valence-corrected chi connectivity index (χ0v) is 15.7. The molecule has 3 N–H and O–H groups in total. The van der Waals surface area contributed by atoms with Gasteiger partial charge in [0.1, 0.15) is 5.75 Å². The zero-order chi connectivity index (χ0) is 20.1. The SMILES string of the molecule is CCC(=O)N1CCc2cc(C(=O)Nc3ccccc3OCCC(N)=O)ccc21. The highest BCUT2D eigenvalue weighted by molar-refractivity contribution is 6.06. The van der Waals surface area contributed by atoms with Gasteiger partial charge in [-0.15, -0.1) is 0 Å². The van der Waals surface area contributed by atoms with Crippen molar-refractivity contribution < 1.29 is 19.1 Å². The van der Waals surface area contributed by atoms with Gasteiger partial charge in [-0.1, -0.05) is 19.1 Å². The van der Waals surface area contributed by atoms with E-state index in [1.54, 1.807) is 35.2 Å². The maximum absolute atomic E-state index is 12.7. The molecule has 7 heteroatoms. The smallest absolute Gasteiger partial charge is 0.255 e. The Balaban J connectivity index is 1.73. The second kappa shape index (κ2) is 8.56. The van der Waals surface area contributed by atoms with Gasteiger partial charge in [0.15, 0.2) is 0 Å². The lowest BCUT2D eigenvalue weighted by atomic mass is 10.1. The first-order valence-electron chi connectivity index (χ1n) is 9.24. The van der Waals surface area contributed by atoms with Gasteiger partial charge in [0.05, 0.1) is 18.7 Å². The molecule has 2 aromatic rings. The van der Waals surface area contributed by atoms with Crippen molar-refractivity contribution in [2.75, 3.05) is 23.4 Å². The monoisotopic (exact) mass is 381 g/mol. The Morgan fingerprint density at radius 2 is 1.96 bits per heavy atom. The van der Waals surface area contributed by atoms with Crippen LogP contribution in [0.15, 0.2) is 42.5 Å². The number of carbonyl (C=O) groups is 3. The number of hydrogen-bond acceptors (Lipinski definition) is 4. The van der Waals surface area contributed by atoms with E-state index in [0.29, 0.717) is 30.0 Å². The molecule has 0 spiro atoms. The van der Waals surface area contributed by atoms with E-state index in [4.69, 9.17) is 10.5 Å². The van der Waals surface area contributed by atoms with Gasteiger partial charge in [-0.25, -0.2) is 0 Å². The van der Waals surface area contributed by atoms with E-state index in [1.165, 1.54) is 0 Å². The Labute approximate surface area is 163 Å². The fourth-order valence-electron chi connectivity index (χ4n) is 3.14. The molecule has 3 rings (SSSR count). The Morgan fingerprint density at radius 3 is 2.71 bits per heavy atom. The van der Waals surface area contributed by atoms with Crippen LogP contribution in [0.4, 0.5) is 11.4 Å². The van der Waals surface area contributed by atoms with E-state index in [1.807, 2.05) is 19.1 Å². The molecule has 146 valence electrons. The highest BCUT2D eigenvalue weighted by Crippen LogP contribution is 2.30. The van der Waals surface area contributed by atoms with Crippen LogP contribution in [0, 0.1) is 0 Å². The number of fused-ring (bicyclic) bond motifs is 1. The molecule has 0 saturated heterocycles. The number of rotatable bonds is 7. The van der Waals surface area contributed by atoms with Crippen molar-refractivity contribution in [1.82, 2.24) is 0 Å². The minimum atomic E-state index is -0.449. The molecule has 0 atom stereocenters. The number of nitrogens with two attached hydrogens (primary N) is 1. The molecule has 0 aromatic heterocycles. The molecule has 0 unspecified atom stereocenters. The minimum absolute atomic E-state index is 0.0815. The highest BCUT2D eigenvalue weighted by atomic mass is 16.5. The number of nitrogens with zero attached hydrogens (tertiary/aromatic N) is 1. The van der Waals surface area contributed by atoms with Crippen LogP contribution in [-0.4, -0.2) is 30.9 Å². The molecule has 0 radical (unpaired) electrons. The summed E-state index contributed by atoms with van der Waals surface area (Å²) in [4.78, 5) is 37.3. The van der Waals surface area contributed by atoms with E-state index < -0.39 is 5.91 Å². The maximum atomic E-state index is 12.7. The third-order valence-electron chi connectivity index (χ3n) is 4.58. The fourth-order valence-corrected chi connectivity index (χ4v) is 3.14. The Kier molecular flexibility index (Phi) is 5.93. The van der Waals surface area contributed by atoms with Crippen LogP contribution in [0.2, 0.25) is 0 Å². The maximum Gasteiger partial charge on any atom is 0.255 e. The molecule has 1 aliphatic rings. The third kappa shape index (κ3) is 4.31. The summed E-state index contributed by atoms with van der Waals surface area (Å²) in [5.41, 5.74) is 8.01. The molecular weight excluding hydrogens is 358 g/mol. The summed E-state index contributed by atoms with van der Waals surface area (Å²) >= 11 is 0. The summed E-state index contributed by atoms with van der Waals surface area (Å²) in [5.74, 6) is -0.166. The highest BCUT2D eigenvalue weighted by Gasteiger charge is 2.24. The van der Waals surface area contributed by atoms with Crippen LogP contribution in [0.1, 0.15) is 35.7 Å². The van der Waals surface area contributed by atoms with Gasteiger partial charge < -0.3 is 20.7 Å². The Hall–Kier alpha value is -3.35. The number of carbonyl (C=O) groups excluding carboxylic acids is 3. The Morgan fingerprint density at radius 1 is 1.18 bits per heavy atom. The lowest BCUT2D eigenvalue weighted by Crippen LogP contribution is -2.27. The van der Waals surface area contributed by atoms with Crippen molar-refractivity contribution in [2.24, 2.45) is 5.73 Å². The predicted molar refractivity (Wildman–Crippen MR) is 106 cm³/mol. The summed E-state index contributed by atoms with van der Waals surface area (Å²) in [7, 11) is 0. The predicted octanol–water partition coefficient (Wildman–Crippen LogP) is 2.49. The largest absolute Gasteiger partial charge is 0.491 e. The first-order valence-corrected chi connectivity index (χ1v) is 9.24. The number of primary amides is 1. The van der Waals surface area contributed by atoms with E-state index >= 15 is 0 Å². The van der Waals surface area contributed by atoms with Gasteiger partial charge in [-0.05, 0) is 42.3 Å². The van der Waals surface area contributed by atoms with Gasteiger partial charge in [0.25, 0.3) is 5.91 Å². The van der Waals surface area contributed by atoms with E-state index in [2.05, 4.69) is 5.32 Å². The molecule has 2 aromatic carbocycles. The van der Waals surface area contributed by atoms with Crippen LogP contribution in [0.25, 0.3) is 0 Å². The van der Waals surface area contributed by atoms with Gasteiger partial charge in [0, 0.05) is 24.2 Å². The molecule has 1 aliphatic heterocycles. The van der Waals surface area contributed by atoms with E-state index in [9.17, 15) is 14.4 Å². The first kappa shape index (κ1) is 19.4. The normalized spacial score (nSPS) is 12.4. The molecule has 7 nitrogen and oxygen atoms in total. The fraction of sp³-hybridized carbons (Fsp3) is 0.286. The average Bonchev–Trinajstić information content (AvgIpc) is 3.11. The number of para-hydroxylation sites is 2. The Bertz CT molecular complexity index is 910. The van der Waals surface area contributed by atoms with Crippen LogP contribution < -0.4 is 20.7 Å². The number of anilines is 2. The molecule has 0 aliphatic carbocycles. The number of hydrogen-bond donors (Lipinski definition) is 2. The molecule has 28 heavy (non-hydrogen) atoms. The summed E-state index contributed by atoms with van der Waals surface area (Å²) < 4.78 is 5.55. The number of amides is 3. The second-order valence-corrected chi connectivity index (χ2v) is 6.51. The lowest BCUT2D eigenvalue weighted by Gasteiger charge is -2.16. The second-order valence-electron chi connectivity index (χ2n) is 6.51. The molecular formula is C21H23N3O4. The molecule has 1 heterocycles. The summed E-state index contributed by atoms with van der Waals surface area (Å²) in [6.07, 6.45) is 1.28. The minimum Gasteiger partial charge on any atom is -0.491 e. The van der Waals surface area contributed by atoms with Crippen molar-refractivity contribution in [3.8, 4) is 5.75 Å². The molecule has 0 saturated carbocycles. The van der Waals surface area contributed by atoms with Gasteiger partial charge in [0.2, 0.25) is 11.8 Å². The topological polar surface area (TPSA) is 102 Å². The van der Waals surface area contributed by atoms with Gasteiger partial charge >= 0.3 is 0 Å². The lowest BCUT2D eigenvalue weighted by molar-refractivity contribution is -0.119. The summed E-state index contributed by atoms with van der Waals surface area (Å²) in [6.45, 7) is 2.62. The van der Waals surface area contributed by atoms with Gasteiger partial charge in [-0.2, -0.15) is 0 Å². The quantitative estimate of drug-likeness (QED) is 0.769. The van der Waals surface area contributed by atoms with Crippen LogP contribution >= 0.6 is 0 Å². The zero-order valence-electron chi connectivity index (χ0n) is 15.7. The summed E-state index contributed by atoms with van der Waals surface area (Å²) in [5, 5.41) is 2.84. The summed E-state index contributed by atoms with van der Waals surface area (Å²) in [6, 6.07) is 12.4. The molecule has 0 bridgehead atoms. The number of benzene rings is 2.